The summed E-state index contributed by atoms with van der Waals surface area (Å²) in [7, 11) is 4.10. The Hall–Kier alpha value is -2.25. The SMILES string of the molecule is CN(C)c1nc(N[C@H]2CC[C@@H](CNC(=O)Nc3c(Cl)cccc3Cl)CC2)nc2c1CCCC2. The van der Waals surface area contributed by atoms with Crippen molar-refractivity contribution >= 4 is 46.7 Å². The van der Waals surface area contributed by atoms with Crippen LogP contribution in [0.25, 0.3) is 0 Å². The number of halogens is 2. The molecule has 1 aromatic carbocycles. The highest BCUT2D eigenvalue weighted by Gasteiger charge is 2.24. The summed E-state index contributed by atoms with van der Waals surface area (Å²) >= 11 is 12.2. The van der Waals surface area contributed by atoms with Crippen LogP contribution in [-0.2, 0) is 12.8 Å². The molecular formula is C24H32Cl2N6O. The topological polar surface area (TPSA) is 82.2 Å². The van der Waals surface area contributed by atoms with E-state index in [0.717, 1.165) is 50.3 Å². The third-order valence-corrected chi connectivity index (χ3v) is 7.15. The van der Waals surface area contributed by atoms with Gasteiger partial charge >= 0.3 is 6.03 Å². The largest absolute Gasteiger partial charge is 0.362 e. The minimum absolute atomic E-state index is 0.288. The monoisotopic (exact) mass is 490 g/mol. The average molecular weight is 491 g/mol. The number of aryl methyl sites for hydroxylation is 1. The Morgan fingerprint density at radius 2 is 1.76 bits per heavy atom. The van der Waals surface area contributed by atoms with E-state index in [1.807, 2.05) is 0 Å². The summed E-state index contributed by atoms with van der Waals surface area (Å²) in [5.74, 6) is 2.24. The van der Waals surface area contributed by atoms with Gasteiger partial charge in [-0.1, -0.05) is 29.3 Å². The molecular weight excluding hydrogens is 459 g/mol. The smallest absolute Gasteiger partial charge is 0.319 e. The molecule has 0 unspecified atom stereocenters. The molecule has 1 saturated carbocycles. The number of benzene rings is 1. The van der Waals surface area contributed by atoms with Gasteiger partial charge in [0.15, 0.2) is 0 Å². The van der Waals surface area contributed by atoms with Crippen LogP contribution >= 0.6 is 23.2 Å². The van der Waals surface area contributed by atoms with Crippen LogP contribution in [0, 0.1) is 5.92 Å². The minimum Gasteiger partial charge on any atom is -0.362 e. The van der Waals surface area contributed by atoms with Gasteiger partial charge in [0.1, 0.15) is 5.82 Å². The quantitative estimate of drug-likeness (QED) is 0.496. The van der Waals surface area contributed by atoms with E-state index >= 15 is 0 Å². The third kappa shape index (κ3) is 6.01. The van der Waals surface area contributed by atoms with Gasteiger partial charge in [-0.2, -0.15) is 4.98 Å². The minimum atomic E-state index is -0.288. The number of nitrogens with one attached hydrogen (secondary N) is 3. The van der Waals surface area contributed by atoms with Gasteiger partial charge < -0.3 is 20.9 Å². The van der Waals surface area contributed by atoms with E-state index in [2.05, 4.69) is 34.9 Å². The van der Waals surface area contributed by atoms with Crippen LogP contribution in [0.15, 0.2) is 18.2 Å². The van der Waals surface area contributed by atoms with Crippen molar-refractivity contribution in [1.29, 1.82) is 0 Å². The maximum Gasteiger partial charge on any atom is 0.319 e. The summed E-state index contributed by atoms with van der Waals surface area (Å²) in [5.41, 5.74) is 2.95. The molecule has 0 bridgehead atoms. The van der Waals surface area contributed by atoms with Crippen molar-refractivity contribution in [3.8, 4) is 0 Å². The normalized spacial score (nSPS) is 20.0. The second kappa shape index (κ2) is 10.8. The van der Waals surface area contributed by atoms with Crippen LogP contribution in [0.1, 0.15) is 49.8 Å². The molecule has 1 fully saturated rings. The van der Waals surface area contributed by atoms with E-state index < -0.39 is 0 Å². The van der Waals surface area contributed by atoms with Crippen molar-refractivity contribution in [3.05, 3.63) is 39.5 Å². The Balaban J connectivity index is 1.26. The fourth-order valence-electron chi connectivity index (χ4n) is 4.71. The van der Waals surface area contributed by atoms with Crippen molar-refractivity contribution in [2.45, 2.75) is 57.4 Å². The second-order valence-electron chi connectivity index (χ2n) is 9.19. The molecule has 2 aromatic rings. The highest BCUT2D eigenvalue weighted by molar-refractivity contribution is 6.39. The highest BCUT2D eigenvalue weighted by atomic mass is 35.5. The van der Waals surface area contributed by atoms with Crippen LogP contribution < -0.4 is 20.9 Å². The van der Waals surface area contributed by atoms with Crippen molar-refractivity contribution in [1.82, 2.24) is 15.3 Å². The van der Waals surface area contributed by atoms with E-state index in [1.54, 1.807) is 18.2 Å². The molecule has 3 N–H and O–H groups in total. The molecule has 7 nitrogen and oxygen atoms in total. The second-order valence-corrected chi connectivity index (χ2v) is 10.0. The third-order valence-electron chi connectivity index (χ3n) is 6.52. The lowest BCUT2D eigenvalue weighted by Crippen LogP contribution is -2.36. The van der Waals surface area contributed by atoms with Crippen LogP contribution in [0.2, 0.25) is 10.0 Å². The predicted molar refractivity (Wildman–Crippen MR) is 136 cm³/mol. The zero-order chi connectivity index (χ0) is 23.4. The number of carbonyl (C=O) groups excluding carboxylic acids is 1. The lowest BCUT2D eigenvalue weighted by Gasteiger charge is -2.30. The molecule has 2 aliphatic carbocycles. The van der Waals surface area contributed by atoms with E-state index in [0.29, 0.717) is 34.2 Å². The summed E-state index contributed by atoms with van der Waals surface area (Å²) in [5, 5.41) is 10.1. The van der Waals surface area contributed by atoms with Crippen molar-refractivity contribution < 1.29 is 4.79 Å². The zero-order valence-electron chi connectivity index (χ0n) is 19.3. The molecule has 178 valence electrons. The van der Waals surface area contributed by atoms with E-state index in [-0.39, 0.29) is 6.03 Å². The Bertz CT molecular complexity index is 971. The molecule has 4 rings (SSSR count). The van der Waals surface area contributed by atoms with Gasteiger partial charge in [-0.05, 0) is 69.4 Å². The van der Waals surface area contributed by atoms with Gasteiger partial charge in [0, 0.05) is 32.2 Å². The Morgan fingerprint density at radius 1 is 1.06 bits per heavy atom. The number of carbonyl (C=O) groups is 1. The number of hydrogen-bond donors (Lipinski definition) is 3. The Labute approximate surface area is 205 Å². The fourth-order valence-corrected chi connectivity index (χ4v) is 5.21. The first-order chi connectivity index (χ1) is 15.9. The molecule has 9 heteroatoms. The molecule has 0 spiro atoms. The summed E-state index contributed by atoms with van der Waals surface area (Å²) in [4.78, 5) is 24.1. The molecule has 2 aliphatic rings. The first-order valence-electron chi connectivity index (χ1n) is 11.7. The fraction of sp³-hybridized carbons (Fsp3) is 0.542. The summed E-state index contributed by atoms with van der Waals surface area (Å²) in [6.45, 7) is 0.626. The van der Waals surface area contributed by atoms with E-state index in [9.17, 15) is 4.79 Å². The Kier molecular flexibility index (Phi) is 7.81. The number of rotatable bonds is 6. The zero-order valence-corrected chi connectivity index (χ0v) is 20.8. The summed E-state index contributed by atoms with van der Waals surface area (Å²) in [6.07, 6.45) is 8.65. The number of para-hydroxylation sites is 1. The molecule has 33 heavy (non-hydrogen) atoms. The molecule has 0 radical (unpaired) electrons. The van der Waals surface area contributed by atoms with Crippen molar-refractivity contribution in [2.24, 2.45) is 5.92 Å². The van der Waals surface area contributed by atoms with Crippen LogP contribution in [-0.4, -0.2) is 42.7 Å². The van der Waals surface area contributed by atoms with Crippen molar-refractivity contribution in [2.75, 3.05) is 36.2 Å². The standard InChI is InChI=1S/C24H32Cl2N6O/c1-32(2)22-17-6-3-4-9-20(17)29-23(31-22)28-16-12-10-15(11-13-16)14-27-24(33)30-21-18(25)7-5-8-19(21)26/h5,7-8,15-16H,3-4,6,9-14H2,1-2H3,(H2,27,30,33)(H,28,29,31)/t15-,16+. The van der Waals surface area contributed by atoms with Crippen molar-refractivity contribution in [3.63, 3.8) is 0 Å². The molecule has 0 saturated heterocycles. The number of amides is 2. The number of urea groups is 1. The number of anilines is 3. The van der Waals surface area contributed by atoms with Crippen LogP contribution in [0.3, 0.4) is 0 Å². The molecule has 2 amide bonds. The van der Waals surface area contributed by atoms with Gasteiger partial charge in [-0.15, -0.1) is 0 Å². The molecule has 0 aliphatic heterocycles. The van der Waals surface area contributed by atoms with E-state index in [4.69, 9.17) is 33.2 Å². The van der Waals surface area contributed by atoms with Crippen LogP contribution in [0.4, 0.5) is 22.2 Å². The first-order valence-corrected chi connectivity index (χ1v) is 12.5. The van der Waals surface area contributed by atoms with Gasteiger partial charge in [-0.3, -0.25) is 0 Å². The van der Waals surface area contributed by atoms with Gasteiger partial charge in [-0.25, -0.2) is 9.78 Å². The number of nitrogens with zero attached hydrogens (tertiary/aromatic N) is 3. The van der Waals surface area contributed by atoms with E-state index in [1.165, 1.54) is 24.1 Å². The summed E-state index contributed by atoms with van der Waals surface area (Å²) < 4.78 is 0. The lowest BCUT2D eigenvalue weighted by molar-refractivity contribution is 0.246. The molecule has 1 aromatic heterocycles. The summed E-state index contributed by atoms with van der Waals surface area (Å²) in [6, 6.07) is 5.21. The maximum absolute atomic E-state index is 12.3. The average Bonchev–Trinajstić information content (AvgIpc) is 2.80. The molecule has 1 heterocycles. The van der Waals surface area contributed by atoms with Gasteiger partial charge in [0.25, 0.3) is 0 Å². The number of hydrogen-bond acceptors (Lipinski definition) is 5. The predicted octanol–water partition coefficient (Wildman–Crippen LogP) is 5.52. The maximum atomic E-state index is 12.3. The number of fused-ring (bicyclic) bond motifs is 1. The van der Waals surface area contributed by atoms with Gasteiger partial charge in [0.05, 0.1) is 21.4 Å². The molecule has 0 atom stereocenters. The lowest BCUT2D eigenvalue weighted by atomic mass is 9.86. The first kappa shape index (κ1) is 23.9. The number of aromatic nitrogens is 2. The van der Waals surface area contributed by atoms with Gasteiger partial charge in [0.2, 0.25) is 5.95 Å². The van der Waals surface area contributed by atoms with Crippen LogP contribution in [0.5, 0.6) is 0 Å². The Morgan fingerprint density at radius 3 is 2.45 bits per heavy atom. The highest BCUT2D eigenvalue weighted by Crippen LogP contribution is 2.31.